The summed E-state index contributed by atoms with van der Waals surface area (Å²) >= 11 is 0. The molecule has 1 rings (SSSR count). The van der Waals surface area contributed by atoms with Gasteiger partial charge in [0.1, 0.15) is 0 Å². The maximum Gasteiger partial charge on any atom is 0.310 e. The Morgan fingerprint density at radius 2 is 2.11 bits per heavy atom. The number of hydrogen-bond donors (Lipinski definition) is 2. The molecular formula is C13H24N2O4. The zero-order chi connectivity index (χ0) is 14.4. The first-order valence-corrected chi connectivity index (χ1v) is 6.77. The number of carboxylic acids is 1. The Labute approximate surface area is 114 Å². The van der Waals surface area contributed by atoms with Crippen molar-refractivity contribution < 1.29 is 19.4 Å². The predicted molar refractivity (Wildman–Crippen MR) is 70.8 cm³/mol. The number of amides is 1. The zero-order valence-electron chi connectivity index (χ0n) is 11.9. The Kier molecular flexibility index (Phi) is 6.24. The smallest absolute Gasteiger partial charge is 0.310 e. The summed E-state index contributed by atoms with van der Waals surface area (Å²) in [7, 11) is 0. The molecule has 0 bridgehead atoms. The van der Waals surface area contributed by atoms with Gasteiger partial charge in [0.15, 0.2) is 0 Å². The van der Waals surface area contributed by atoms with E-state index < -0.39 is 11.9 Å². The summed E-state index contributed by atoms with van der Waals surface area (Å²) in [5.74, 6) is -1.06. The number of carboxylic acid groups (broad SMARTS) is 1. The maximum absolute atomic E-state index is 11.8. The Hall–Kier alpha value is -1.14. The second-order valence-electron chi connectivity index (χ2n) is 5.31. The van der Waals surface area contributed by atoms with Crippen molar-refractivity contribution in [3.8, 4) is 0 Å². The van der Waals surface area contributed by atoms with Gasteiger partial charge in [-0.15, -0.1) is 0 Å². The average molecular weight is 272 g/mol. The van der Waals surface area contributed by atoms with Gasteiger partial charge in [0, 0.05) is 12.6 Å². The van der Waals surface area contributed by atoms with Gasteiger partial charge in [-0.1, -0.05) is 20.8 Å². The lowest BCUT2D eigenvalue weighted by Crippen LogP contribution is -2.48. The minimum atomic E-state index is -0.858. The lowest BCUT2D eigenvalue weighted by atomic mass is 10.0. The third kappa shape index (κ3) is 4.80. The minimum Gasteiger partial charge on any atom is -0.481 e. The molecule has 1 fully saturated rings. The van der Waals surface area contributed by atoms with Gasteiger partial charge in [0.25, 0.3) is 0 Å². The number of aliphatic carboxylic acids is 1. The van der Waals surface area contributed by atoms with E-state index in [1.54, 1.807) is 0 Å². The van der Waals surface area contributed by atoms with Crippen LogP contribution in [0.3, 0.4) is 0 Å². The first kappa shape index (κ1) is 15.9. The van der Waals surface area contributed by atoms with Gasteiger partial charge in [-0.3, -0.25) is 14.5 Å². The van der Waals surface area contributed by atoms with E-state index in [4.69, 9.17) is 9.84 Å². The Bertz CT molecular complexity index is 320. The highest BCUT2D eigenvalue weighted by Gasteiger charge is 2.37. The van der Waals surface area contributed by atoms with Crippen LogP contribution in [0, 0.1) is 11.8 Å². The number of ether oxygens (including phenoxy) is 1. The van der Waals surface area contributed by atoms with Crippen molar-refractivity contribution >= 4 is 11.9 Å². The van der Waals surface area contributed by atoms with Crippen LogP contribution in [-0.4, -0.2) is 60.8 Å². The molecule has 2 unspecified atom stereocenters. The van der Waals surface area contributed by atoms with E-state index in [-0.39, 0.29) is 25.1 Å². The zero-order valence-corrected chi connectivity index (χ0v) is 11.9. The quantitative estimate of drug-likeness (QED) is 0.691. The highest BCUT2D eigenvalue weighted by molar-refractivity contribution is 5.78. The fourth-order valence-corrected chi connectivity index (χ4v) is 2.16. The molecule has 0 spiro atoms. The van der Waals surface area contributed by atoms with E-state index >= 15 is 0 Å². The molecule has 110 valence electrons. The molecule has 2 atom stereocenters. The molecule has 6 nitrogen and oxygen atoms in total. The molecule has 1 saturated heterocycles. The Morgan fingerprint density at radius 3 is 2.63 bits per heavy atom. The van der Waals surface area contributed by atoms with Gasteiger partial charge in [0.05, 0.1) is 25.7 Å². The van der Waals surface area contributed by atoms with Crippen LogP contribution in [0.2, 0.25) is 0 Å². The van der Waals surface area contributed by atoms with Gasteiger partial charge in [-0.05, 0) is 12.5 Å². The van der Waals surface area contributed by atoms with Crippen LogP contribution in [0.5, 0.6) is 0 Å². The molecule has 1 aliphatic heterocycles. The van der Waals surface area contributed by atoms with E-state index in [1.165, 1.54) is 0 Å². The summed E-state index contributed by atoms with van der Waals surface area (Å²) in [5, 5.41) is 12.0. The number of likely N-dealkylation sites (N-methyl/N-ethyl adjacent to an activating group) is 1. The largest absolute Gasteiger partial charge is 0.481 e. The van der Waals surface area contributed by atoms with E-state index in [1.807, 2.05) is 25.7 Å². The first-order chi connectivity index (χ1) is 8.95. The summed E-state index contributed by atoms with van der Waals surface area (Å²) in [6.45, 7) is 8.08. The molecule has 0 radical (unpaired) electrons. The Morgan fingerprint density at radius 1 is 1.42 bits per heavy atom. The predicted octanol–water partition coefficient (Wildman–Crippen LogP) is 0.180. The summed E-state index contributed by atoms with van der Waals surface area (Å²) in [5.41, 5.74) is 0. The highest BCUT2D eigenvalue weighted by atomic mass is 16.5. The summed E-state index contributed by atoms with van der Waals surface area (Å²) in [6, 6.07) is -0.215. The van der Waals surface area contributed by atoms with Crippen LogP contribution in [0.25, 0.3) is 0 Å². The molecule has 0 saturated carbocycles. The van der Waals surface area contributed by atoms with E-state index in [9.17, 15) is 9.59 Å². The third-order valence-electron chi connectivity index (χ3n) is 3.30. The second-order valence-corrected chi connectivity index (χ2v) is 5.31. The van der Waals surface area contributed by atoms with Crippen LogP contribution in [-0.2, 0) is 14.3 Å². The van der Waals surface area contributed by atoms with Crippen LogP contribution < -0.4 is 5.32 Å². The SMILES string of the molecule is CCN(CC(=O)NCC(C)C)C1COCC1C(=O)O. The van der Waals surface area contributed by atoms with E-state index in [0.29, 0.717) is 25.6 Å². The first-order valence-electron chi connectivity index (χ1n) is 6.77. The number of nitrogens with one attached hydrogen (secondary N) is 1. The molecule has 6 heteroatoms. The Balaban J connectivity index is 2.52. The number of rotatable bonds is 7. The molecule has 19 heavy (non-hydrogen) atoms. The molecule has 1 aliphatic rings. The number of nitrogens with zero attached hydrogens (tertiary/aromatic N) is 1. The van der Waals surface area contributed by atoms with Crippen molar-refractivity contribution in [1.29, 1.82) is 0 Å². The van der Waals surface area contributed by atoms with Crippen LogP contribution in [0.15, 0.2) is 0 Å². The van der Waals surface area contributed by atoms with Crippen molar-refractivity contribution in [3.05, 3.63) is 0 Å². The minimum absolute atomic E-state index is 0.0633. The third-order valence-corrected chi connectivity index (χ3v) is 3.30. The topological polar surface area (TPSA) is 78.9 Å². The van der Waals surface area contributed by atoms with Crippen molar-refractivity contribution in [3.63, 3.8) is 0 Å². The van der Waals surface area contributed by atoms with E-state index in [0.717, 1.165) is 0 Å². The summed E-state index contributed by atoms with van der Waals surface area (Å²) in [6.07, 6.45) is 0. The molecular weight excluding hydrogens is 248 g/mol. The molecule has 1 heterocycles. The molecule has 0 aromatic rings. The van der Waals surface area contributed by atoms with Crippen molar-refractivity contribution in [2.45, 2.75) is 26.8 Å². The van der Waals surface area contributed by atoms with Crippen LogP contribution in [0.1, 0.15) is 20.8 Å². The fourth-order valence-electron chi connectivity index (χ4n) is 2.16. The lowest BCUT2D eigenvalue weighted by molar-refractivity contribution is -0.143. The average Bonchev–Trinajstić information content (AvgIpc) is 2.82. The monoisotopic (exact) mass is 272 g/mol. The summed E-state index contributed by atoms with van der Waals surface area (Å²) in [4.78, 5) is 24.8. The maximum atomic E-state index is 11.8. The normalized spacial score (nSPS) is 23.0. The molecule has 0 aromatic heterocycles. The van der Waals surface area contributed by atoms with Gasteiger partial charge in [-0.25, -0.2) is 0 Å². The number of hydrogen-bond acceptors (Lipinski definition) is 4. The van der Waals surface area contributed by atoms with Gasteiger partial charge < -0.3 is 15.2 Å². The van der Waals surface area contributed by atoms with Crippen LogP contribution >= 0.6 is 0 Å². The van der Waals surface area contributed by atoms with E-state index in [2.05, 4.69) is 5.32 Å². The molecule has 0 aromatic carbocycles. The molecule has 2 N–H and O–H groups in total. The van der Waals surface area contributed by atoms with Crippen LogP contribution in [0.4, 0.5) is 0 Å². The number of carbonyl (C=O) groups excluding carboxylic acids is 1. The lowest BCUT2D eigenvalue weighted by Gasteiger charge is -2.28. The van der Waals surface area contributed by atoms with Gasteiger partial charge >= 0.3 is 5.97 Å². The standard InChI is InChI=1S/C13H24N2O4/c1-4-15(6-12(16)14-5-9(2)3)11-8-19-7-10(11)13(17)18/h9-11H,4-8H2,1-3H3,(H,14,16)(H,17,18). The summed E-state index contributed by atoms with van der Waals surface area (Å²) < 4.78 is 5.24. The molecule has 0 aliphatic carbocycles. The fraction of sp³-hybridized carbons (Fsp3) is 0.846. The van der Waals surface area contributed by atoms with Gasteiger partial charge in [0.2, 0.25) is 5.91 Å². The van der Waals surface area contributed by atoms with Crippen molar-refractivity contribution in [2.24, 2.45) is 11.8 Å². The highest BCUT2D eigenvalue weighted by Crippen LogP contribution is 2.19. The second kappa shape index (κ2) is 7.45. The van der Waals surface area contributed by atoms with Gasteiger partial charge in [-0.2, -0.15) is 0 Å². The molecule has 1 amide bonds. The van der Waals surface area contributed by atoms with Crippen molar-refractivity contribution in [1.82, 2.24) is 10.2 Å². The number of carbonyl (C=O) groups is 2. The van der Waals surface area contributed by atoms with Crippen molar-refractivity contribution in [2.75, 3.05) is 32.8 Å².